The van der Waals surface area contributed by atoms with E-state index >= 15 is 0 Å². The van der Waals surface area contributed by atoms with Gasteiger partial charge in [-0.05, 0) is 44.2 Å². The minimum Gasteiger partial charge on any atom is -0.368 e. The predicted octanol–water partition coefficient (Wildman–Crippen LogP) is 4.37. The van der Waals surface area contributed by atoms with Gasteiger partial charge >= 0.3 is 0 Å². The van der Waals surface area contributed by atoms with Crippen LogP contribution in [0.25, 0.3) is 0 Å². The Hall–Kier alpha value is -1.09. The molecule has 3 heteroatoms. The van der Waals surface area contributed by atoms with Crippen molar-refractivity contribution < 1.29 is 4.39 Å². The van der Waals surface area contributed by atoms with Crippen LogP contribution in [0.1, 0.15) is 53.0 Å². The summed E-state index contributed by atoms with van der Waals surface area (Å²) < 4.78 is 14.3. The maximum absolute atomic E-state index is 14.3. The highest BCUT2D eigenvalue weighted by Crippen LogP contribution is 2.29. The number of rotatable bonds is 8. The highest BCUT2D eigenvalue weighted by molar-refractivity contribution is 5.55. The Kier molecular flexibility index (Phi) is 7.16. The normalized spacial score (nSPS) is 13.0. The molecule has 1 rings (SSSR count). The molecule has 2 N–H and O–H groups in total. The smallest absolute Gasteiger partial charge is 0.128 e. The van der Waals surface area contributed by atoms with Gasteiger partial charge in [0.2, 0.25) is 0 Å². The van der Waals surface area contributed by atoms with E-state index < -0.39 is 0 Å². The van der Waals surface area contributed by atoms with E-state index in [1.54, 1.807) is 6.07 Å². The lowest BCUT2D eigenvalue weighted by molar-refractivity contribution is 0.502. The summed E-state index contributed by atoms with van der Waals surface area (Å²) >= 11 is 0. The molecule has 0 aliphatic rings. The zero-order valence-corrected chi connectivity index (χ0v) is 14.2. The van der Waals surface area contributed by atoms with Gasteiger partial charge in [0.05, 0.1) is 0 Å². The van der Waals surface area contributed by atoms with Crippen molar-refractivity contribution in [1.29, 1.82) is 0 Å². The molecule has 1 unspecified atom stereocenters. The second-order valence-corrected chi connectivity index (χ2v) is 6.44. The van der Waals surface area contributed by atoms with Crippen molar-refractivity contribution in [3.05, 3.63) is 29.6 Å². The molecule has 0 fully saturated rings. The summed E-state index contributed by atoms with van der Waals surface area (Å²) in [6.07, 6.45) is 2.71. The Morgan fingerprint density at radius 3 is 2.24 bits per heavy atom. The molecule has 0 bridgehead atoms. The second-order valence-electron chi connectivity index (χ2n) is 6.44. The van der Waals surface area contributed by atoms with Crippen LogP contribution in [0.15, 0.2) is 18.2 Å². The first-order chi connectivity index (χ1) is 9.90. The monoisotopic (exact) mass is 294 g/mol. The van der Waals surface area contributed by atoms with Gasteiger partial charge in [0.25, 0.3) is 0 Å². The van der Waals surface area contributed by atoms with Gasteiger partial charge in [-0.3, -0.25) is 0 Å². The Morgan fingerprint density at radius 1 is 1.14 bits per heavy atom. The third-order valence-electron chi connectivity index (χ3n) is 3.87. The third kappa shape index (κ3) is 4.99. The van der Waals surface area contributed by atoms with Crippen LogP contribution in [-0.4, -0.2) is 18.6 Å². The zero-order chi connectivity index (χ0) is 16.0. The van der Waals surface area contributed by atoms with E-state index in [1.165, 1.54) is 0 Å². The van der Waals surface area contributed by atoms with Crippen molar-refractivity contribution in [2.45, 2.75) is 66.0 Å². The Labute approximate surface area is 129 Å². The van der Waals surface area contributed by atoms with E-state index in [0.29, 0.717) is 18.4 Å². The Bertz CT molecular complexity index is 425. The van der Waals surface area contributed by atoms with Crippen LogP contribution >= 0.6 is 0 Å². The van der Waals surface area contributed by atoms with Crippen LogP contribution in [0.3, 0.4) is 0 Å². The molecule has 21 heavy (non-hydrogen) atoms. The molecule has 1 aromatic rings. The molecular formula is C18H31FN2. The molecule has 2 nitrogen and oxygen atoms in total. The minimum atomic E-state index is -0.135. The molecule has 1 atom stereocenters. The molecule has 0 aromatic heterocycles. The van der Waals surface area contributed by atoms with Gasteiger partial charge in [-0.1, -0.05) is 33.8 Å². The van der Waals surface area contributed by atoms with E-state index in [9.17, 15) is 4.39 Å². The fourth-order valence-electron chi connectivity index (χ4n) is 2.91. The van der Waals surface area contributed by atoms with Gasteiger partial charge < -0.3 is 10.6 Å². The molecule has 120 valence electrons. The van der Waals surface area contributed by atoms with Crippen molar-refractivity contribution in [2.24, 2.45) is 11.7 Å². The topological polar surface area (TPSA) is 29.3 Å². The van der Waals surface area contributed by atoms with E-state index in [4.69, 9.17) is 5.73 Å². The average molecular weight is 294 g/mol. The molecule has 0 heterocycles. The molecule has 0 radical (unpaired) electrons. The summed E-state index contributed by atoms with van der Waals surface area (Å²) in [5, 5.41) is 0. The minimum absolute atomic E-state index is 0.0387. The van der Waals surface area contributed by atoms with Gasteiger partial charge in [0.15, 0.2) is 0 Å². The Morgan fingerprint density at radius 2 is 1.76 bits per heavy atom. The molecule has 0 aliphatic carbocycles. The lowest BCUT2D eigenvalue weighted by Gasteiger charge is -2.36. The van der Waals surface area contributed by atoms with Crippen LogP contribution in [0.5, 0.6) is 0 Å². The maximum atomic E-state index is 14.3. The van der Waals surface area contributed by atoms with Crippen LogP contribution in [0.2, 0.25) is 0 Å². The number of benzene rings is 1. The van der Waals surface area contributed by atoms with Crippen molar-refractivity contribution in [2.75, 3.05) is 11.4 Å². The lowest BCUT2D eigenvalue weighted by atomic mass is 10.00. The van der Waals surface area contributed by atoms with Gasteiger partial charge in [0, 0.05) is 29.9 Å². The fraction of sp³-hybridized carbons (Fsp3) is 0.667. The van der Waals surface area contributed by atoms with Gasteiger partial charge in [-0.2, -0.15) is 0 Å². The van der Waals surface area contributed by atoms with Crippen molar-refractivity contribution >= 4 is 5.69 Å². The second kappa shape index (κ2) is 8.38. The van der Waals surface area contributed by atoms with Crippen LogP contribution in [-0.2, 0) is 6.42 Å². The molecule has 0 amide bonds. The molecule has 1 aromatic carbocycles. The fourth-order valence-corrected chi connectivity index (χ4v) is 2.91. The maximum Gasteiger partial charge on any atom is 0.128 e. The third-order valence-corrected chi connectivity index (χ3v) is 3.87. The summed E-state index contributed by atoms with van der Waals surface area (Å²) in [5.74, 6) is 0.404. The first-order valence-corrected chi connectivity index (χ1v) is 8.20. The van der Waals surface area contributed by atoms with E-state index in [1.807, 2.05) is 19.1 Å². The summed E-state index contributed by atoms with van der Waals surface area (Å²) in [5.41, 5.74) is 7.71. The van der Waals surface area contributed by atoms with E-state index in [0.717, 1.165) is 30.6 Å². The summed E-state index contributed by atoms with van der Waals surface area (Å²) in [6.45, 7) is 11.7. The Balaban J connectivity index is 3.25. The number of anilines is 1. The van der Waals surface area contributed by atoms with Gasteiger partial charge in [-0.25, -0.2) is 4.39 Å². The van der Waals surface area contributed by atoms with Crippen LogP contribution in [0.4, 0.5) is 10.1 Å². The quantitative estimate of drug-likeness (QED) is 0.771. The van der Waals surface area contributed by atoms with Crippen molar-refractivity contribution in [3.63, 3.8) is 0 Å². The largest absolute Gasteiger partial charge is 0.368 e. The summed E-state index contributed by atoms with van der Waals surface area (Å²) in [7, 11) is 0. The lowest BCUT2D eigenvalue weighted by Crippen LogP contribution is -2.38. The van der Waals surface area contributed by atoms with E-state index in [2.05, 4.69) is 32.6 Å². The zero-order valence-electron chi connectivity index (χ0n) is 14.2. The molecule has 0 saturated heterocycles. The van der Waals surface area contributed by atoms with Crippen molar-refractivity contribution in [3.8, 4) is 0 Å². The number of hydrogen-bond donors (Lipinski definition) is 1. The van der Waals surface area contributed by atoms with Crippen LogP contribution < -0.4 is 10.6 Å². The number of hydrogen-bond acceptors (Lipinski definition) is 2. The SMILES string of the molecule is CCC(CC)N(CC(C)C)c1cccc(F)c1CC(C)N. The first kappa shape index (κ1) is 18.0. The van der Waals surface area contributed by atoms with E-state index in [-0.39, 0.29) is 11.9 Å². The molecule has 0 spiro atoms. The summed E-state index contributed by atoms with van der Waals surface area (Å²) in [4.78, 5) is 2.38. The van der Waals surface area contributed by atoms with Crippen molar-refractivity contribution in [1.82, 2.24) is 0 Å². The standard InChI is InChI=1S/C18H31FN2/c1-6-15(7-2)21(12-13(3)4)18-10-8-9-17(19)16(18)11-14(5)20/h8-10,13-15H,6-7,11-12,20H2,1-5H3. The molecular weight excluding hydrogens is 263 g/mol. The first-order valence-electron chi connectivity index (χ1n) is 8.20. The van der Waals surface area contributed by atoms with Crippen LogP contribution in [0, 0.1) is 11.7 Å². The van der Waals surface area contributed by atoms with Gasteiger partial charge in [-0.15, -0.1) is 0 Å². The van der Waals surface area contributed by atoms with Gasteiger partial charge in [0.1, 0.15) is 5.82 Å². The number of halogens is 1. The molecule has 0 aliphatic heterocycles. The number of nitrogens with two attached hydrogens (primary N) is 1. The number of nitrogens with zero attached hydrogens (tertiary/aromatic N) is 1. The summed E-state index contributed by atoms with van der Waals surface area (Å²) in [6, 6.07) is 5.80. The average Bonchev–Trinajstić information content (AvgIpc) is 2.40. The molecule has 0 saturated carbocycles. The predicted molar refractivity (Wildman–Crippen MR) is 90.3 cm³/mol. The highest BCUT2D eigenvalue weighted by atomic mass is 19.1. The highest BCUT2D eigenvalue weighted by Gasteiger charge is 2.21.